The SMILES string of the molecule is NNc1ncc(-c2ccc3cc(C(O)C4CCOCC4)sc3n2)cc1N. The minimum absolute atomic E-state index is 0.247. The molecule has 1 fully saturated rings. The molecule has 0 bridgehead atoms. The minimum Gasteiger partial charge on any atom is -0.396 e. The zero-order valence-electron chi connectivity index (χ0n) is 14.2. The Kier molecular flexibility index (Phi) is 4.73. The van der Waals surface area contributed by atoms with Crippen LogP contribution in [-0.4, -0.2) is 28.3 Å². The number of anilines is 2. The molecular formula is C18H21N5O2S. The number of pyridine rings is 2. The Balaban J connectivity index is 1.64. The summed E-state index contributed by atoms with van der Waals surface area (Å²) in [5, 5.41) is 11.7. The molecule has 0 spiro atoms. The van der Waals surface area contributed by atoms with E-state index in [1.54, 1.807) is 12.3 Å². The summed E-state index contributed by atoms with van der Waals surface area (Å²) in [4.78, 5) is 10.8. The number of thiophene rings is 1. The molecule has 3 aromatic rings. The number of aliphatic hydroxyl groups is 1. The third kappa shape index (κ3) is 3.24. The summed E-state index contributed by atoms with van der Waals surface area (Å²) in [5.74, 6) is 6.05. The maximum Gasteiger partial charge on any atom is 0.163 e. The van der Waals surface area contributed by atoms with Crippen molar-refractivity contribution in [1.82, 2.24) is 9.97 Å². The molecule has 3 aromatic heterocycles. The molecular weight excluding hydrogens is 350 g/mol. The number of nitrogens with one attached hydrogen (secondary N) is 1. The van der Waals surface area contributed by atoms with Gasteiger partial charge in [0, 0.05) is 35.2 Å². The molecule has 0 aliphatic carbocycles. The molecule has 0 amide bonds. The van der Waals surface area contributed by atoms with Crippen LogP contribution in [0.3, 0.4) is 0 Å². The second-order valence-electron chi connectivity index (χ2n) is 6.44. The zero-order chi connectivity index (χ0) is 18.1. The smallest absolute Gasteiger partial charge is 0.163 e. The van der Waals surface area contributed by atoms with E-state index in [2.05, 4.69) is 10.4 Å². The standard InChI is InChI=1S/C18H21N5O2S/c19-13-7-12(9-21-17(13)23-20)14-2-1-11-8-15(26-18(11)22-14)16(24)10-3-5-25-6-4-10/h1-2,7-10,16,24H,3-6,19-20H2,(H,21,23). The molecule has 26 heavy (non-hydrogen) atoms. The highest BCUT2D eigenvalue weighted by atomic mass is 32.1. The van der Waals surface area contributed by atoms with Crippen molar-refractivity contribution in [2.75, 3.05) is 24.4 Å². The van der Waals surface area contributed by atoms with Gasteiger partial charge in [0.2, 0.25) is 0 Å². The highest BCUT2D eigenvalue weighted by Gasteiger charge is 2.25. The number of hydrazine groups is 1. The Bertz CT molecular complexity index is 923. The van der Waals surface area contributed by atoms with Gasteiger partial charge in [-0.1, -0.05) is 0 Å². The number of nitrogen functional groups attached to an aromatic ring is 2. The normalized spacial score (nSPS) is 16.7. The van der Waals surface area contributed by atoms with Crippen molar-refractivity contribution in [3.05, 3.63) is 35.3 Å². The number of ether oxygens (including phenoxy) is 1. The molecule has 1 unspecified atom stereocenters. The number of hydrogen-bond donors (Lipinski definition) is 4. The van der Waals surface area contributed by atoms with Crippen LogP contribution in [0.15, 0.2) is 30.5 Å². The van der Waals surface area contributed by atoms with Gasteiger partial charge < -0.3 is 21.0 Å². The summed E-state index contributed by atoms with van der Waals surface area (Å²) in [6.07, 6.45) is 3.00. The molecule has 1 saturated heterocycles. The van der Waals surface area contributed by atoms with E-state index in [1.165, 1.54) is 11.3 Å². The van der Waals surface area contributed by atoms with E-state index < -0.39 is 6.10 Å². The van der Waals surface area contributed by atoms with Gasteiger partial charge in [-0.25, -0.2) is 15.8 Å². The van der Waals surface area contributed by atoms with Crippen LogP contribution in [0.1, 0.15) is 23.8 Å². The van der Waals surface area contributed by atoms with E-state index in [0.717, 1.165) is 52.4 Å². The van der Waals surface area contributed by atoms with Crippen LogP contribution in [0.2, 0.25) is 0 Å². The predicted octanol–water partition coefficient (Wildman–Crippen LogP) is 2.69. The molecule has 1 atom stereocenters. The molecule has 1 aliphatic rings. The summed E-state index contributed by atoms with van der Waals surface area (Å²) >= 11 is 1.53. The minimum atomic E-state index is -0.464. The Morgan fingerprint density at radius 1 is 1.27 bits per heavy atom. The fourth-order valence-corrected chi connectivity index (χ4v) is 4.36. The van der Waals surface area contributed by atoms with Gasteiger partial charge in [-0.2, -0.15) is 0 Å². The number of fused-ring (bicyclic) bond motifs is 1. The Morgan fingerprint density at radius 2 is 2.08 bits per heavy atom. The van der Waals surface area contributed by atoms with Crippen LogP contribution in [0.25, 0.3) is 21.5 Å². The fraction of sp³-hybridized carbons (Fsp3) is 0.333. The lowest BCUT2D eigenvalue weighted by Crippen LogP contribution is -2.21. The Morgan fingerprint density at radius 3 is 2.81 bits per heavy atom. The van der Waals surface area contributed by atoms with Crippen molar-refractivity contribution in [3.8, 4) is 11.3 Å². The summed E-state index contributed by atoms with van der Waals surface area (Å²) in [6.45, 7) is 1.44. The number of hydrogen-bond acceptors (Lipinski definition) is 8. The number of aliphatic hydroxyl groups excluding tert-OH is 1. The summed E-state index contributed by atoms with van der Waals surface area (Å²) in [7, 11) is 0. The number of nitrogens with zero attached hydrogens (tertiary/aromatic N) is 2. The average Bonchev–Trinajstić information content (AvgIpc) is 3.11. The predicted molar refractivity (Wildman–Crippen MR) is 104 cm³/mol. The Hall–Kier alpha value is -2.26. The van der Waals surface area contributed by atoms with Gasteiger partial charge in [-0.15, -0.1) is 11.3 Å². The van der Waals surface area contributed by atoms with Crippen LogP contribution in [0.5, 0.6) is 0 Å². The van der Waals surface area contributed by atoms with E-state index in [-0.39, 0.29) is 5.92 Å². The molecule has 0 saturated carbocycles. The molecule has 0 aromatic carbocycles. The summed E-state index contributed by atoms with van der Waals surface area (Å²) in [5.41, 5.74) is 10.5. The molecule has 4 heterocycles. The lowest BCUT2D eigenvalue weighted by atomic mass is 9.93. The van der Waals surface area contributed by atoms with E-state index in [0.29, 0.717) is 11.5 Å². The van der Waals surface area contributed by atoms with Crippen molar-refractivity contribution < 1.29 is 9.84 Å². The van der Waals surface area contributed by atoms with Gasteiger partial charge in [0.1, 0.15) is 4.83 Å². The third-order valence-electron chi connectivity index (χ3n) is 4.76. The maximum absolute atomic E-state index is 10.7. The number of aromatic nitrogens is 2. The monoisotopic (exact) mass is 371 g/mol. The first kappa shape index (κ1) is 17.2. The van der Waals surface area contributed by atoms with E-state index in [1.807, 2.05) is 18.2 Å². The topological polar surface area (TPSA) is 119 Å². The van der Waals surface area contributed by atoms with Crippen LogP contribution in [0, 0.1) is 5.92 Å². The molecule has 7 nitrogen and oxygen atoms in total. The maximum atomic E-state index is 10.7. The molecule has 136 valence electrons. The average molecular weight is 371 g/mol. The van der Waals surface area contributed by atoms with Gasteiger partial charge in [0.15, 0.2) is 5.82 Å². The van der Waals surface area contributed by atoms with Crippen molar-refractivity contribution in [3.63, 3.8) is 0 Å². The van der Waals surface area contributed by atoms with Crippen molar-refractivity contribution >= 4 is 33.1 Å². The molecule has 8 heteroatoms. The van der Waals surface area contributed by atoms with Crippen molar-refractivity contribution in [2.24, 2.45) is 11.8 Å². The first-order chi connectivity index (χ1) is 12.7. The van der Waals surface area contributed by atoms with Gasteiger partial charge in [0.25, 0.3) is 0 Å². The second-order valence-corrected chi connectivity index (χ2v) is 7.50. The first-order valence-corrected chi connectivity index (χ1v) is 9.36. The molecule has 6 N–H and O–H groups in total. The van der Waals surface area contributed by atoms with Gasteiger partial charge in [-0.3, -0.25) is 0 Å². The van der Waals surface area contributed by atoms with Crippen LogP contribution in [-0.2, 0) is 4.74 Å². The quantitative estimate of drug-likeness (QED) is 0.411. The van der Waals surface area contributed by atoms with E-state index >= 15 is 0 Å². The van der Waals surface area contributed by atoms with E-state index in [9.17, 15) is 5.11 Å². The van der Waals surface area contributed by atoms with Crippen LogP contribution < -0.4 is 17.0 Å². The lowest BCUT2D eigenvalue weighted by Gasteiger charge is -2.25. The molecule has 4 rings (SSSR count). The van der Waals surface area contributed by atoms with Crippen molar-refractivity contribution in [1.29, 1.82) is 0 Å². The van der Waals surface area contributed by atoms with E-state index in [4.69, 9.17) is 21.3 Å². The fourth-order valence-electron chi connectivity index (χ4n) is 3.25. The number of nitrogens with two attached hydrogens (primary N) is 2. The van der Waals surface area contributed by atoms with Crippen molar-refractivity contribution in [2.45, 2.75) is 18.9 Å². The number of rotatable bonds is 4. The lowest BCUT2D eigenvalue weighted by molar-refractivity contribution is 0.00856. The largest absolute Gasteiger partial charge is 0.396 e. The Labute approximate surface area is 155 Å². The second kappa shape index (κ2) is 7.16. The first-order valence-electron chi connectivity index (χ1n) is 8.54. The highest BCUT2D eigenvalue weighted by molar-refractivity contribution is 7.18. The molecule has 0 radical (unpaired) electrons. The summed E-state index contributed by atoms with van der Waals surface area (Å²) in [6, 6.07) is 7.78. The van der Waals surface area contributed by atoms with Gasteiger partial charge in [-0.05, 0) is 43.0 Å². The van der Waals surface area contributed by atoms with Crippen LogP contribution in [0.4, 0.5) is 11.5 Å². The zero-order valence-corrected chi connectivity index (χ0v) is 15.0. The summed E-state index contributed by atoms with van der Waals surface area (Å²) < 4.78 is 5.39. The van der Waals surface area contributed by atoms with Gasteiger partial charge in [0.05, 0.1) is 17.5 Å². The molecule has 1 aliphatic heterocycles. The van der Waals surface area contributed by atoms with Gasteiger partial charge >= 0.3 is 0 Å². The third-order valence-corrected chi connectivity index (χ3v) is 5.87. The van der Waals surface area contributed by atoms with Crippen LogP contribution >= 0.6 is 11.3 Å². The highest BCUT2D eigenvalue weighted by Crippen LogP contribution is 2.37.